The largest absolute Gasteiger partial charge is 0.411 e. The number of hydrogen-bond donors (Lipinski definition) is 0. The molecule has 0 spiro atoms. The Morgan fingerprint density at radius 2 is 1.96 bits per heavy atom. The molecule has 1 aromatic carbocycles. The second-order valence-electron chi connectivity index (χ2n) is 5.97. The molecule has 1 fully saturated rings. The van der Waals surface area contributed by atoms with Crippen molar-refractivity contribution in [2.24, 2.45) is 0 Å². The van der Waals surface area contributed by atoms with Crippen LogP contribution in [0, 0.1) is 5.82 Å². The minimum absolute atomic E-state index is 0.0773. The van der Waals surface area contributed by atoms with E-state index in [2.05, 4.69) is 10.2 Å². The van der Waals surface area contributed by atoms with Gasteiger partial charge in [0.1, 0.15) is 5.82 Å². The van der Waals surface area contributed by atoms with Gasteiger partial charge in [-0.05, 0) is 37.1 Å². The Morgan fingerprint density at radius 1 is 1.25 bits per heavy atom. The number of carbonyl (C=O) groups is 1. The van der Waals surface area contributed by atoms with E-state index in [0.29, 0.717) is 22.7 Å². The molecule has 1 saturated carbocycles. The highest BCUT2D eigenvalue weighted by atomic mass is 32.2. The Kier molecular flexibility index (Phi) is 5.50. The molecule has 0 unspecified atom stereocenters. The highest BCUT2D eigenvalue weighted by molar-refractivity contribution is 7.99. The van der Waals surface area contributed by atoms with Crippen LogP contribution in [0.25, 0.3) is 11.5 Å². The second kappa shape index (κ2) is 7.79. The average Bonchev–Trinajstić information content (AvgIpc) is 3.09. The molecule has 1 amide bonds. The van der Waals surface area contributed by atoms with Crippen LogP contribution >= 0.6 is 11.8 Å². The van der Waals surface area contributed by atoms with Crippen LogP contribution < -0.4 is 0 Å². The molecule has 24 heavy (non-hydrogen) atoms. The molecule has 1 aliphatic rings. The zero-order valence-corrected chi connectivity index (χ0v) is 14.4. The van der Waals surface area contributed by atoms with Gasteiger partial charge in [0.25, 0.3) is 5.22 Å². The minimum atomic E-state index is -0.316. The number of carbonyl (C=O) groups excluding carboxylic acids is 1. The fourth-order valence-electron chi connectivity index (χ4n) is 2.87. The number of hydrogen-bond acceptors (Lipinski definition) is 5. The van der Waals surface area contributed by atoms with Crippen LogP contribution in [0.1, 0.15) is 32.1 Å². The lowest BCUT2D eigenvalue weighted by atomic mass is 9.94. The first-order valence-corrected chi connectivity index (χ1v) is 9.10. The molecule has 3 rings (SSSR count). The fraction of sp³-hybridized carbons (Fsp3) is 0.471. The van der Waals surface area contributed by atoms with E-state index in [-0.39, 0.29) is 17.5 Å². The van der Waals surface area contributed by atoms with Crippen LogP contribution in [-0.4, -0.2) is 39.8 Å². The van der Waals surface area contributed by atoms with Gasteiger partial charge in [0.15, 0.2) is 0 Å². The van der Waals surface area contributed by atoms with E-state index in [0.717, 1.165) is 12.8 Å². The van der Waals surface area contributed by atoms with Gasteiger partial charge in [-0.1, -0.05) is 31.0 Å². The van der Waals surface area contributed by atoms with Crippen LogP contribution in [0.5, 0.6) is 0 Å². The highest BCUT2D eigenvalue weighted by Gasteiger charge is 2.22. The first-order chi connectivity index (χ1) is 11.6. The molecule has 5 nitrogen and oxygen atoms in total. The summed E-state index contributed by atoms with van der Waals surface area (Å²) in [5.74, 6) is 0.362. The first kappa shape index (κ1) is 17.0. The summed E-state index contributed by atoms with van der Waals surface area (Å²) < 4.78 is 18.5. The Balaban J connectivity index is 1.55. The number of benzene rings is 1. The quantitative estimate of drug-likeness (QED) is 0.769. The number of rotatable bonds is 5. The third-order valence-corrected chi connectivity index (χ3v) is 5.14. The summed E-state index contributed by atoms with van der Waals surface area (Å²) in [5, 5.41) is 8.23. The zero-order valence-electron chi connectivity index (χ0n) is 13.6. The van der Waals surface area contributed by atoms with Crippen molar-refractivity contribution in [2.45, 2.75) is 43.4 Å². The summed E-state index contributed by atoms with van der Waals surface area (Å²) in [7, 11) is 1.87. The van der Waals surface area contributed by atoms with Gasteiger partial charge in [0, 0.05) is 18.7 Å². The smallest absolute Gasteiger partial charge is 0.277 e. The number of amides is 1. The molecule has 128 valence electrons. The zero-order chi connectivity index (χ0) is 16.9. The van der Waals surface area contributed by atoms with Crippen LogP contribution in [-0.2, 0) is 4.79 Å². The lowest BCUT2D eigenvalue weighted by Gasteiger charge is -2.31. The summed E-state index contributed by atoms with van der Waals surface area (Å²) >= 11 is 1.23. The predicted molar refractivity (Wildman–Crippen MR) is 90.1 cm³/mol. The van der Waals surface area contributed by atoms with Gasteiger partial charge in [0.2, 0.25) is 11.8 Å². The van der Waals surface area contributed by atoms with Gasteiger partial charge in [-0.2, -0.15) is 0 Å². The Hall–Kier alpha value is -1.89. The van der Waals surface area contributed by atoms with E-state index in [1.807, 2.05) is 11.9 Å². The van der Waals surface area contributed by atoms with Gasteiger partial charge >= 0.3 is 0 Å². The van der Waals surface area contributed by atoms with Crippen molar-refractivity contribution in [1.29, 1.82) is 0 Å². The molecule has 1 aromatic heterocycles. The van der Waals surface area contributed by atoms with Crippen LogP contribution in [0.4, 0.5) is 4.39 Å². The summed E-state index contributed by atoms with van der Waals surface area (Å²) in [6.45, 7) is 0. The fourth-order valence-corrected chi connectivity index (χ4v) is 3.56. The SMILES string of the molecule is CN(C(=O)CSc1nnc(-c2ccc(F)cc2)o1)C1CCCCC1. The van der Waals surface area contributed by atoms with Gasteiger partial charge in [-0.3, -0.25) is 4.79 Å². The number of aromatic nitrogens is 2. The van der Waals surface area contributed by atoms with Crippen LogP contribution in [0.15, 0.2) is 33.9 Å². The minimum Gasteiger partial charge on any atom is -0.411 e. The maximum Gasteiger partial charge on any atom is 0.277 e. The van der Waals surface area contributed by atoms with Gasteiger partial charge < -0.3 is 9.32 Å². The van der Waals surface area contributed by atoms with E-state index in [9.17, 15) is 9.18 Å². The van der Waals surface area contributed by atoms with Crippen LogP contribution in [0.3, 0.4) is 0 Å². The van der Waals surface area contributed by atoms with Crippen molar-refractivity contribution in [3.8, 4) is 11.5 Å². The molecule has 0 radical (unpaired) electrons. The molecule has 0 bridgehead atoms. The Labute approximate surface area is 144 Å². The van der Waals surface area contributed by atoms with Crippen molar-refractivity contribution in [3.05, 3.63) is 30.1 Å². The summed E-state index contributed by atoms with van der Waals surface area (Å²) in [6.07, 6.45) is 5.83. The molecule has 1 heterocycles. The van der Waals surface area contributed by atoms with E-state index in [1.54, 1.807) is 12.1 Å². The maximum absolute atomic E-state index is 12.9. The topological polar surface area (TPSA) is 59.2 Å². The molecule has 0 atom stereocenters. The third-order valence-electron chi connectivity index (χ3n) is 4.33. The van der Waals surface area contributed by atoms with Gasteiger partial charge in [-0.15, -0.1) is 10.2 Å². The van der Waals surface area contributed by atoms with Crippen molar-refractivity contribution >= 4 is 17.7 Å². The highest BCUT2D eigenvalue weighted by Crippen LogP contribution is 2.25. The van der Waals surface area contributed by atoms with E-state index < -0.39 is 0 Å². The van der Waals surface area contributed by atoms with Gasteiger partial charge in [-0.25, -0.2) is 4.39 Å². The molecule has 0 saturated heterocycles. The van der Waals surface area contributed by atoms with Crippen molar-refractivity contribution in [2.75, 3.05) is 12.8 Å². The predicted octanol–water partition coefficient (Wildman–Crippen LogP) is 3.76. The van der Waals surface area contributed by atoms with Crippen molar-refractivity contribution in [3.63, 3.8) is 0 Å². The van der Waals surface area contributed by atoms with Gasteiger partial charge in [0.05, 0.1) is 5.75 Å². The lowest BCUT2D eigenvalue weighted by Crippen LogP contribution is -2.39. The van der Waals surface area contributed by atoms with E-state index in [4.69, 9.17) is 4.42 Å². The molecular formula is C17H20FN3O2S. The molecule has 0 aliphatic heterocycles. The summed E-state index contributed by atoms with van der Waals surface area (Å²) in [6, 6.07) is 6.20. The lowest BCUT2D eigenvalue weighted by molar-refractivity contribution is -0.129. The number of nitrogens with zero attached hydrogens (tertiary/aromatic N) is 3. The van der Waals surface area contributed by atoms with Crippen LogP contribution in [0.2, 0.25) is 0 Å². The first-order valence-electron chi connectivity index (χ1n) is 8.11. The molecule has 7 heteroatoms. The standard InChI is InChI=1S/C17H20FN3O2S/c1-21(14-5-3-2-4-6-14)15(22)11-24-17-20-19-16(23-17)12-7-9-13(18)10-8-12/h7-10,14H,2-6,11H2,1H3. The van der Waals surface area contributed by atoms with E-state index >= 15 is 0 Å². The van der Waals surface area contributed by atoms with Crippen molar-refractivity contribution in [1.82, 2.24) is 15.1 Å². The summed E-state index contributed by atoms with van der Waals surface area (Å²) in [4.78, 5) is 14.2. The monoisotopic (exact) mass is 349 g/mol. The molecule has 1 aliphatic carbocycles. The number of halogens is 1. The normalized spacial score (nSPS) is 15.4. The molecule has 2 aromatic rings. The molecule has 0 N–H and O–H groups in total. The Morgan fingerprint density at radius 3 is 2.67 bits per heavy atom. The average molecular weight is 349 g/mol. The number of thioether (sulfide) groups is 1. The second-order valence-corrected chi connectivity index (χ2v) is 6.89. The third kappa shape index (κ3) is 4.14. The van der Waals surface area contributed by atoms with Crippen molar-refractivity contribution < 1.29 is 13.6 Å². The summed E-state index contributed by atoms with van der Waals surface area (Å²) in [5.41, 5.74) is 0.654. The van der Waals surface area contributed by atoms with E-state index in [1.165, 1.54) is 43.2 Å². The molecular weight excluding hydrogens is 329 g/mol. The Bertz CT molecular complexity index is 683. The maximum atomic E-state index is 12.9.